The molecule has 1 aromatic heterocycles. The molecule has 0 amide bonds. The van der Waals surface area contributed by atoms with Crippen molar-refractivity contribution in [1.29, 1.82) is 0 Å². The van der Waals surface area contributed by atoms with Gasteiger partial charge in [0, 0.05) is 5.69 Å². The topological polar surface area (TPSA) is 48.3 Å². The number of halogens is 1. The first-order valence-corrected chi connectivity index (χ1v) is 7.20. The predicted molar refractivity (Wildman–Crippen MR) is 79.5 cm³/mol. The van der Waals surface area contributed by atoms with Gasteiger partial charge < -0.3 is 9.30 Å². The standard InChI is InChI=1S/C17H16FNO3/c1-22-17(21)14-10-9-13-3-2-4-15(19(13)16(14)20)11-5-7-12(18)8-6-11/h5-10,15H,2-4H2,1H3. The Morgan fingerprint density at radius 3 is 2.64 bits per heavy atom. The van der Waals surface area contributed by atoms with E-state index in [9.17, 15) is 14.0 Å². The summed E-state index contributed by atoms with van der Waals surface area (Å²) < 4.78 is 19.4. The normalized spacial score (nSPS) is 16.9. The van der Waals surface area contributed by atoms with Crippen molar-refractivity contribution in [3.63, 3.8) is 0 Å². The number of nitrogens with zero attached hydrogens (tertiary/aromatic N) is 1. The van der Waals surface area contributed by atoms with E-state index in [0.717, 1.165) is 30.5 Å². The second-order valence-corrected chi connectivity index (χ2v) is 5.36. The van der Waals surface area contributed by atoms with E-state index in [2.05, 4.69) is 4.74 Å². The van der Waals surface area contributed by atoms with Crippen LogP contribution in [0.4, 0.5) is 4.39 Å². The number of ether oxygens (including phenoxy) is 1. The first-order valence-electron chi connectivity index (χ1n) is 7.20. The molecule has 4 nitrogen and oxygen atoms in total. The molecule has 22 heavy (non-hydrogen) atoms. The van der Waals surface area contributed by atoms with Crippen molar-refractivity contribution in [1.82, 2.24) is 4.57 Å². The van der Waals surface area contributed by atoms with Crippen molar-refractivity contribution in [3.8, 4) is 0 Å². The zero-order valence-corrected chi connectivity index (χ0v) is 12.2. The van der Waals surface area contributed by atoms with E-state index in [-0.39, 0.29) is 23.0 Å². The van der Waals surface area contributed by atoms with Gasteiger partial charge in [0.05, 0.1) is 13.2 Å². The number of rotatable bonds is 2. The number of hydrogen-bond donors (Lipinski definition) is 0. The quantitative estimate of drug-likeness (QED) is 0.801. The molecule has 0 aliphatic carbocycles. The van der Waals surface area contributed by atoms with Crippen LogP contribution in [0.15, 0.2) is 41.2 Å². The molecule has 0 saturated heterocycles. The third kappa shape index (κ3) is 2.43. The van der Waals surface area contributed by atoms with E-state index in [1.54, 1.807) is 22.8 Å². The molecule has 3 rings (SSSR count). The summed E-state index contributed by atoms with van der Waals surface area (Å²) in [4.78, 5) is 24.4. The summed E-state index contributed by atoms with van der Waals surface area (Å²) in [7, 11) is 1.25. The maximum absolute atomic E-state index is 13.1. The average Bonchev–Trinajstić information content (AvgIpc) is 2.55. The third-order valence-electron chi connectivity index (χ3n) is 4.08. The molecule has 0 bridgehead atoms. The molecule has 2 aromatic rings. The Balaban J connectivity index is 2.14. The summed E-state index contributed by atoms with van der Waals surface area (Å²) in [6, 6.07) is 9.29. The molecule has 1 unspecified atom stereocenters. The summed E-state index contributed by atoms with van der Waals surface area (Å²) in [6.07, 6.45) is 2.51. The Hall–Kier alpha value is -2.43. The van der Waals surface area contributed by atoms with E-state index < -0.39 is 5.97 Å². The minimum absolute atomic E-state index is 0.0280. The van der Waals surface area contributed by atoms with Gasteiger partial charge in [-0.05, 0) is 49.1 Å². The lowest BCUT2D eigenvalue weighted by Crippen LogP contribution is -2.35. The Kier molecular flexibility index (Phi) is 3.79. The van der Waals surface area contributed by atoms with Crippen LogP contribution in [0.25, 0.3) is 0 Å². The van der Waals surface area contributed by atoms with E-state index in [4.69, 9.17) is 0 Å². The second kappa shape index (κ2) is 5.75. The fourth-order valence-corrected chi connectivity index (χ4v) is 3.01. The van der Waals surface area contributed by atoms with Crippen LogP contribution in [0.5, 0.6) is 0 Å². The van der Waals surface area contributed by atoms with Gasteiger partial charge in [-0.15, -0.1) is 0 Å². The van der Waals surface area contributed by atoms with Crippen LogP contribution in [0.2, 0.25) is 0 Å². The smallest absolute Gasteiger partial charge is 0.343 e. The lowest BCUT2D eigenvalue weighted by Gasteiger charge is -2.28. The van der Waals surface area contributed by atoms with Crippen LogP contribution < -0.4 is 5.56 Å². The number of aromatic nitrogens is 1. The van der Waals surface area contributed by atoms with Crippen molar-refractivity contribution < 1.29 is 13.9 Å². The predicted octanol–water partition coefficient (Wildman–Crippen LogP) is 2.70. The Labute approximate surface area is 127 Å². The fourth-order valence-electron chi connectivity index (χ4n) is 3.01. The van der Waals surface area contributed by atoms with Crippen LogP contribution in [-0.4, -0.2) is 17.6 Å². The fraction of sp³-hybridized carbons (Fsp3) is 0.294. The zero-order chi connectivity index (χ0) is 15.7. The van der Waals surface area contributed by atoms with Gasteiger partial charge >= 0.3 is 5.97 Å². The maximum atomic E-state index is 13.1. The molecule has 5 heteroatoms. The highest BCUT2D eigenvalue weighted by Crippen LogP contribution is 2.29. The van der Waals surface area contributed by atoms with Crippen LogP contribution in [0.1, 0.15) is 40.5 Å². The first-order chi connectivity index (χ1) is 10.6. The van der Waals surface area contributed by atoms with Gasteiger partial charge in [0.1, 0.15) is 11.4 Å². The highest BCUT2D eigenvalue weighted by Gasteiger charge is 2.25. The number of hydrogen-bond acceptors (Lipinski definition) is 3. The number of aryl methyl sites for hydroxylation is 1. The van der Waals surface area contributed by atoms with E-state index in [1.807, 2.05) is 0 Å². The number of fused-ring (bicyclic) bond motifs is 1. The second-order valence-electron chi connectivity index (χ2n) is 5.36. The van der Waals surface area contributed by atoms with Gasteiger partial charge in [0.2, 0.25) is 0 Å². The number of pyridine rings is 1. The minimum Gasteiger partial charge on any atom is -0.465 e. The number of benzene rings is 1. The Morgan fingerprint density at radius 2 is 1.95 bits per heavy atom. The SMILES string of the molecule is COC(=O)c1ccc2n(c1=O)C(c1ccc(F)cc1)CCC2. The summed E-state index contributed by atoms with van der Waals surface area (Å²) in [5.74, 6) is -0.945. The number of carbonyl (C=O) groups is 1. The van der Waals surface area contributed by atoms with Gasteiger partial charge in [-0.1, -0.05) is 12.1 Å². The molecule has 2 heterocycles. The number of carbonyl (C=O) groups excluding carboxylic acids is 1. The summed E-state index contributed by atoms with van der Waals surface area (Å²) in [5.41, 5.74) is 1.43. The zero-order valence-electron chi connectivity index (χ0n) is 12.2. The van der Waals surface area contributed by atoms with Crippen molar-refractivity contribution in [3.05, 3.63) is 69.4 Å². The van der Waals surface area contributed by atoms with Crippen LogP contribution in [-0.2, 0) is 11.2 Å². The molecule has 1 aliphatic rings. The van der Waals surface area contributed by atoms with Gasteiger partial charge in [-0.25, -0.2) is 9.18 Å². The summed E-state index contributed by atoms with van der Waals surface area (Å²) >= 11 is 0. The van der Waals surface area contributed by atoms with Gasteiger partial charge in [-0.3, -0.25) is 4.79 Å². The molecule has 1 aliphatic heterocycles. The van der Waals surface area contributed by atoms with E-state index in [0.29, 0.717) is 0 Å². The van der Waals surface area contributed by atoms with Gasteiger partial charge in [0.15, 0.2) is 0 Å². The summed E-state index contributed by atoms with van der Waals surface area (Å²) in [5, 5.41) is 0. The minimum atomic E-state index is -0.635. The van der Waals surface area contributed by atoms with Crippen molar-refractivity contribution in [2.75, 3.05) is 7.11 Å². The summed E-state index contributed by atoms with van der Waals surface area (Å²) in [6.45, 7) is 0. The van der Waals surface area contributed by atoms with Crippen LogP contribution >= 0.6 is 0 Å². The molecule has 0 N–H and O–H groups in total. The first kappa shape index (κ1) is 14.5. The monoisotopic (exact) mass is 301 g/mol. The lowest BCUT2D eigenvalue weighted by molar-refractivity contribution is 0.0597. The molecule has 0 spiro atoms. The highest BCUT2D eigenvalue weighted by atomic mass is 19.1. The van der Waals surface area contributed by atoms with Crippen molar-refractivity contribution >= 4 is 5.97 Å². The maximum Gasteiger partial charge on any atom is 0.343 e. The number of esters is 1. The molecule has 1 atom stereocenters. The molecule has 0 saturated carbocycles. The Morgan fingerprint density at radius 1 is 1.23 bits per heavy atom. The van der Waals surface area contributed by atoms with Crippen LogP contribution in [0.3, 0.4) is 0 Å². The Bertz CT molecular complexity index is 764. The number of methoxy groups -OCH3 is 1. The largest absolute Gasteiger partial charge is 0.465 e. The lowest BCUT2D eigenvalue weighted by atomic mass is 9.94. The van der Waals surface area contributed by atoms with Crippen LogP contribution in [0, 0.1) is 5.82 Å². The van der Waals surface area contributed by atoms with Crippen molar-refractivity contribution in [2.24, 2.45) is 0 Å². The molecular formula is C17H16FNO3. The average molecular weight is 301 g/mol. The molecular weight excluding hydrogens is 285 g/mol. The van der Waals surface area contributed by atoms with Crippen molar-refractivity contribution in [2.45, 2.75) is 25.3 Å². The van der Waals surface area contributed by atoms with E-state index in [1.165, 1.54) is 25.3 Å². The molecule has 1 aromatic carbocycles. The highest BCUT2D eigenvalue weighted by molar-refractivity contribution is 5.88. The van der Waals surface area contributed by atoms with Gasteiger partial charge in [-0.2, -0.15) is 0 Å². The van der Waals surface area contributed by atoms with Gasteiger partial charge in [0.25, 0.3) is 5.56 Å². The molecule has 0 radical (unpaired) electrons. The molecule has 0 fully saturated rings. The van der Waals surface area contributed by atoms with E-state index >= 15 is 0 Å². The molecule has 114 valence electrons. The third-order valence-corrected chi connectivity index (χ3v) is 4.08.